The molecule has 0 saturated heterocycles. The Morgan fingerprint density at radius 1 is 1.04 bits per heavy atom. The van der Waals surface area contributed by atoms with Crippen molar-refractivity contribution in [1.82, 2.24) is 9.97 Å². The van der Waals surface area contributed by atoms with Crippen LogP contribution in [0.15, 0.2) is 53.4 Å². The van der Waals surface area contributed by atoms with E-state index < -0.39 is 9.84 Å². The van der Waals surface area contributed by atoms with E-state index in [0.717, 1.165) is 24.4 Å². The van der Waals surface area contributed by atoms with Gasteiger partial charge in [0.15, 0.2) is 9.84 Å². The molecule has 6 heteroatoms. The van der Waals surface area contributed by atoms with Crippen LogP contribution < -0.4 is 4.90 Å². The number of fused-ring (bicyclic) bond motifs is 1. The van der Waals surface area contributed by atoms with Crippen molar-refractivity contribution in [3.63, 3.8) is 0 Å². The fourth-order valence-corrected chi connectivity index (χ4v) is 5.47. The van der Waals surface area contributed by atoms with Gasteiger partial charge in [-0.1, -0.05) is 55.7 Å². The van der Waals surface area contributed by atoms with Gasteiger partial charge in [0.2, 0.25) is 5.95 Å². The highest BCUT2D eigenvalue weighted by atomic mass is 32.2. The number of H-pyrrole nitrogens is 1. The number of sulfone groups is 1. The number of hydrogen-bond acceptors (Lipinski definition) is 4. The molecule has 1 fully saturated rings. The molecule has 1 aromatic heterocycles. The first-order valence-corrected chi connectivity index (χ1v) is 11.2. The number of nitrogens with zero attached hydrogens (tertiary/aromatic N) is 2. The van der Waals surface area contributed by atoms with Crippen LogP contribution in [0.25, 0.3) is 11.0 Å². The zero-order valence-corrected chi connectivity index (χ0v) is 16.4. The van der Waals surface area contributed by atoms with Gasteiger partial charge in [-0.3, -0.25) is 0 Å². The number of aromatic nitrogens is 2. The standard InChI is InChI=1S/C21H25N3O2S/c1-24(17-11-6-3-7-12-17)21-22-18-13-8-14-19(20(18)23-21)27(25,26)15-16-9-4-2-5-10-16/h2,4-5,8-10,13-14,17H,3,6-7,11-12,15H2,1H3,(H,22,23). The maximum atomic E-state index is 13.0. The molecule has 0 atom stereocenters. The normalized spacial score (nSPS) is 15.9. The monoisotopic (exact) mass is 383 g/mol. The molecule has 0 bridgehead atoms. The molecular formula is C21H25N3O2S. The van der Waals surface area contributed by atoms with Crippen molar-refractivity contribution in [3.8, 4) is 0 Å². The highest BCUT2D eigenvalue weighted by Crippen LogP contribution is 2.29. The van der Waals surface area contributed by atoms with Gasteiger partial charge in [-0.25, -0.2) is 13.4 Å². The number of imidazole rings is 1. The number of anilines is 1. The molecule has 0 aliphatic heterocycles. The Bertz CT molecular complexity index is 1020. The predicted octanol–water partition coefficient (Wildman–Crippen LogP) is 4.31. The Kier molecular flexibility index (Phi) is 4.91. The minimum Gasteiger partial charge on any atom is -0.342 e. The van der Waals surface area contributed by atoms with Crippen molar-refractivity contribution in [2.24, 2.45) is 0 Å². The van der Waals surface area contributed by atoms with Crippen LogP contribution >= 0.6 is 0 Å². The number of para-hydroxylation sites is 1. The molecule has 1 aliphatic carbocycles. The van der Waals surface area contributed by atoms with Gasteiger partial charge in [-0.05, 0) is 30.5 Å². The first-order chi connectivity index (χ1) is 13.0. The Hall–Kier alpha value is -2.34. The first-order valence-electron chi connectivity index (χ1n) is 9.53. The van der Waals surface area contributed by atoms with Gasteiger partial charge < -0.3 is 9.88 Å². The Balaban J connectivity index is 1.68. The molecule has 1 heterocycles. The third-order valence-electron chi connectivity index (χ3n) is 5.46. The highest BCUT2D eigenvalue weighted by Gasteiger charge is 2.24. The van der Waals surface area contributed by atoms with Crippen LogP contribution in [-0.2, 0) is 15.6 Å². The number of aromatic amines is 1. The third kappa shape index (κ3) is 3.72. The summed E-state index contributed by atoms with van der Waals surface area (Å²) >= 11 is 0. The van der Waals surface area contributed by atoms with Crippen molar-refractivity contribution in [2.75, 3.05) is 11.9 Å². The maximum Gasteiger partial charge on any atom is 0.203 e. The molecule has 5 nitrogen and oxygen atoms in total. The molecule has 2 aromatic carbocycles. The zero-order chi connectivity index (χ0) is 18.9. The van der Waals surface area contributed by atoms with Crippen molar-refractivity contribution in [3.05, 3.63) is 54.1 Å². The summed E-state index contributed by atoms with van der Waals surface area (Å²) in [5, 5.41) is 0. The van der Waals surface area contributed by atoms with E-state index in [0.29, 0.717) is 22.0 Å². The van der Waals surface area contributed by atoms with Crippen LogP contribution in [-0.4, -0.2) is 31.5 Å². The van der Waals surface area contributed by atoms with Gasteiger partial charge >= 0.3 is 0 Å². The van der Waals surface area contributed by atoms with E-state index >= 15 is 0 Å². The lowest BCUT2D eigenvalue weighted by Gasteiger charge is -2.30. The van der Waals surface area contributed by atoms with Gasteiger partial charge in [-0.15, -0.1) is 0 Å². The van der Waals surface area contributed by atoms with Crippen molar-refractivity contribution in [2.45, 2.75) is 48.8 Å². The van der Waals surface area contributed by atoms with Gasteiger partial charge in [0, 0.05) is 13.1 Å². The van der Waals surface area contributed by atoms with Gasteiger partial charge in [0.25, 0.3) is 0 Å². The molecule has 3 aromatic rings. The average Bonchev–Trinajstić information content (AvgIpc) is 3.12. The molecule has 142 valence electrons. The van der Waals surface area contributed by atoms with Gasteiger partial charge in [-0.2, -0.15) is 0 Å². The summed E-state index contributed by atoms with van der Waals surface area (Å²) in [6, 6.07) is 15.1. The molecule has 0 spiro atoms. The second-order valence-corrected chi connectivity index (χ2v) is 9.32. The van der Waals surface area contributed by atoms with Crippen LogP contribution in [0.2, 0.25) is 0 Å². The lowest BCUT2D eigenvalue weighted by atomic mass is 9.95. The minimum absolute atomic E-state index is 0.0141. The molecule has 0 amide bonds. The van der Waals surface area contributed by atoms with E-state index in [4.69, 9.17) is 0 Å². The molecule has 0 radical (unpaired) electrons. The summed E-state index contributed by atoms with van der Waals surface area (Å²) in [5.41, 5.74) is 2.08. The van der Waals surface area contributed by atoms with E-state index in [1.165, 1.54) is 19.3 Å². The maximum absolute atomic E-state index is 13.0. The summed E-state index contributed by atoms with van der Waals surface area (Å²) in [7, 11) is -1.42. The van der Waals surface area contributed by atoms with Crippen LogP contribution in [0, 0.1) is 0 Å². The zero-order valence-electron chi connectivity index (χ0n) is 15.6. The first kappa shape index (κ1) is 18.0. The highest BCUT2D eigenvalue weighted by molar-refractivity contribution is 7.90. The van der Waals surface area contributed by atoms with Crippen LogP contribution in [0.1, 0.15) is 37.7 Å². The topological polar surface area (TPSA) is 66.1 Å². The lowest BCUT2D eigenvalue weighted by Crippen LogP contribution is -2.34. The van der Waals surface area contributed by atoms with Crippen molar-refractivity contribution in [1.29, 1.82) is 0 Å². The predicted molar refractivity (Wildman–Crippen MR) is 109 cm³/mol. The third-order valence-corrected chi connectivity index (χ3v) is 7.18. The van der Waals surface area contributed by atoms with E-state index in [9.17, 15) is 8.42 Å². The number of rotatable bonds is 5. The van der Waals surface area contributed by atoms with Crippen molar-refractivity contribution < 1.29 is 8.42 Å². The van der Waals surface area contributed by atoms with E-state index in [1.807, 2.05) is 43.4 Å². The van der Waals surface area contributed by atoms with Gasteiger partial charge in [0.1, 0.15) is 0 Å². The van der Waals surface area contributed by atoms with Crippen molar-refractivity contribution >= 4 is 26.8 Å². The Morgan fingerprint density at radius 3 is 2.52 bits per heavy atom. The Morgan fingerprint density at radius 2 is 1.78 bits per heavy atom. The number of benzene rings is 2. The second kappa shape index (κ2) is 7.35. The van der Waals surface area contributed by atoms with E-state index in [2.05, 4.69) is 14.9 Å². The van der Waals surface area contributed by atoms with E-state index in [-0.39, 0.29) is 5.75 Å². The summed E-state index contributed by atoms with van der Waals surface area (Å²) in [6.45, 7) is 0. The quantitative estimate of drug-likeness (QED) is 0.713. The summed E-state index contributed by atoms with van der Waals surface area (Å²) < 4.78 is 26.1. The fraction of sp³-hybridized carbons (Fsp3) is 0.381. The summed E-state index contributed by atoms with van der Waals surface area (Å²) in [4.78, 5) is 10.5. The van der Waals surface area contributed by atoms with Gasteiger partial charge in [0.05, 0.1) is 21.7 Å². The fourth-order valence-electron chi connectivity index (χ4n) is 3.93. The largest absolute Gasteiger partial charge is 0.342 e. The molecule has 27 heavy (non-hydrogen) atoms. The van der Waals surface area contributed by atoms with Crippen LogP contribution in [0.4, 0.5) is 5.95 Å². The minimum atomic E-state index is -3.47. The molecule has 1 N–H and O–H groups in total. The second-order valence-electron chi connectivity index (χ2n) is 7.36. The van der Waals surface area contributed by atoms with Crippen LogP contribution in [0.5, 0.6) is 0 Å². The molecule has 1 aliphatic rings. The summed E-state index contributed by atoms with van der Waals surface area (Å²) in [5.74, 6) is 0.735. The molecule has 4 rings (SSSR count). The lowest BCUT2D eigenvalue weighted by molar-refractivity contribution is 0.425. The molecule has 1 saturated carbocycles. The van der Waals surface area contributed by atoms with E-state index in [1.54, 1.807) is 12.1 Å². The van der Waals surface area contributed by atoms with Crippen LogP contribution in [0.3, 0.4) is 0 Å². The average molecular weight is 384 g/mol. The smallest absolute Gasteiger partial charge is 0.203 e. The number of nitrogens with one attached hydrogen (secondary N) is 1. The molecular weight excluding hydrogens is 358 g/mol. The SMILES string of the molecule is CN(c1nc2cccc(S(=O)(=O)Cc3ccccc3)c2[nH]1)C1CCCCC1. The number of hydrogen-bond donors (Lipinski definition) is 1. The summed E-state index contributed by atoms with van der Waals surface area (Å²) in [6.07, 6.45) is 6.10. The Labute approximate surface area is 160 Å². The molecule has 0 unspecified atom stereocenters.